The van der Waals surface area contributed by atoms with Gasteiger partial charge in [-0.3, -0.25) is 4.79 Å². The lowest BCUT2D eigenvalue weighted by Crippen LogP contribution is -2.17. The highest BCUT2D eigenvalue weighted by Gasteiger charge is 2.21. The quantitative estimate of drug-likeness (QED) is 0.507. The molecule has 1 aromatic carbocycles. The second-order valence-corrected chi connectivity index (χ2v) is 5.75. The van der Waals surface area contributed by atoms with Gasteiger partial charge in [-0.1, -0.05) is 39.8 Å². The monoisotopic (exact) mass is 274 g/mol. The third kappa shape index (κ3) is 3.72. The van der Waals surface area contributed by atoms with Crippen molar-refractivity contribution in [1.29, 1.82) is 0 Å². The second-order valence-electron chi connectivity index (χ2n) is 5.75. The summed E-state index contributed by atoms with van der Waals surface area (Å²) in [6.45, 7) is 13.0. The van der Waals surface area contributed by atoms with Gasteiger partial charge in [-0.2, -0.15) is 0 Å². The number of hydrogen-bond acceptors (Lipinski definition) is 2. The van der Waals surface area contributed by atoms with Crippen LogP contribution in [0.2, 0.25) is 0 Å². The highest BCUT2D eigenvalue weighted by atomic mass is 16.5. The van der Waals surface area contributed by atoms with Gasteiger partial charge in [0.2, 0.25) is 0 Å². The second kappa shape index (κ2) is 7.28. The summed E-state index contributed by atoms with van der Waals surface area (Å²) in [4.78, 5) is 11.4. The van der Waals surface area contributed by atoms with E-state index < -0.39 is 0 Å². The van der Waals surface area contributed by atoms with E-state index in [1.54, 1.807) is 0 Å². The van der Waals surface area contributed by atoms with Gasteiger partial charge in [0.25, 0.3) is 0 Å². The standard InChI is InChI=1S/C18H26O2/c1-6-9-14-11-16(18(4,5)8-3)12-15(13-19)17(14)20-10-7-2/h6,11-13H,1,7-10H2,2-5H3. The molecule has 1 rings (SSSR count). The fourth-order valence-electron chi connectivity index (χ4n) is 2.08. The molecule has 0 saturated heterocycles. The molecule has 0 aliphatic rings. The summed E-state index contributed by atoms with van der Waals surface area (Å²) in [5, 5.41) is 0. The van der Waals surface area contributed by atoms with Crippen molar-refractivity contribution in [1.82, 2.24) is 0 Å². The van der Waals surface area contributed by atoms with E-state index in [0.29, 0.717) is 18.6 Å². The minimum absolute atomic E-state index is 0.0525. The summed E-state index contributed by atoms with van der Waals surface area (Å²) in [5.41, 5.74) is 2.93. The Labute approximate surface area is 122 Å². The van der Waals surface area contributed by atoms with Crippen LogP contribution in [0.1, 0.15) is 62.0 Å². The van der Waals surface area contributed by atoms with E-state index in [1.165, 1.54) is 5.56 Å². The van der Waals surface area contributed by atoms with Crippen LogP contribution in [0.5, 0.6) is 5.75 Å². The third-order valence-corrected chi connectivity index (χ3v) is 3.80. The molecule has 0 radical (unpaired) electrons. The molecule has 0 amide bonds. The summed E-state index contributed by atoms with van der Waals surface area (Å²) < 4.78 is 5.78. The van der Waals surface area contributed by atoms with Crippen LogP contribution < -0.4 is 4.74 Å². The molecule has 0 heterocycles. The molecule has 2 heteroatoms. The van der Waals surface area contributed by atoms with Crippen molar-refractivity contribution in [2.24, 2.45) is 0 Å². The van der Waals surface area contributed by atoms with Gasteiger partial charge in [0.15, 0.2) is 6.29 Å². The zero-order valence-corrected chi connectivity index (χ0v) is 13.2. The third-order valence-electron chi connectivity index (χ3n) is 3.80. The van der Waals surface area contributed by atoms with Crippen LogP contribution in [0.3, 0.4) is 0 Å². The van der Waals surface area contributed by atoms with Gasteiger partial charge >= 0.3 is 0 Å². The van der Waals surface area contributed by atoms with Gasteiger partial charge in [0.05, 0.1) is 12.2 Å². The molecule has 110 valence electrons. The topological polar surface area (TPSA) is 26.3 Å². The van der Waals surface area contributed by atoms with E-state index in [0.717, 1.165) is 30.4 Å². The maximum Gasteiger partial charge on any atom is 0.153 e. The molecule has 1 aromatic rings. The number of allylic oxidation sites excluding steroid dienone is 1. The molecule has 0 atom stereocenters. The van der Waals surface area contributed by atoms with Gasteiger partial charge in [-0.15, -0.1) is 6.58 Å². The molecule has 0 aliphatic carbocycles. The maximum atomic E-state index is 11.4. The van der Waals surface area contributed by atoms with Crippen LogP contribution in [0.4, 0.5) is 0 Å². The van der Waals surface area contributed by atoms with E-state index in [-0.39, 0.29) is 5.41 Å². The average Bonchev–Trinajstić information content (AvgIpc) is 2.45. The molecule has 0 fully saturated rings. The number of hydrogen-bond donors (Lipinski definition) is 0. The highest BCUT2D eigenvalue weighted by molar-refractivity contribution is 5.81. The average molecular weight is 274 g/mol. The van der Waals surface area contributed by atoms with Crippen LogP contribution >= 0.6 is 0 Å². The van der Waals surface area contributed by atoms with Crippen LogP contribution in [0, 0.1) is 0 Å². The Hall–Kier alpha value is -1.57. The summed E-state index contributed by atoms with van der Waals surface area (Å²) in [6.07, 6.45) is 5.41. The van der Waals surface area contributed by atoms with Crippen LogP contribution in [-0.4, -0.2) is 12.9 Å². The minimum atomic E-state index is 0.0525. The predicted octanol–water partition coefficient (Wildman–Crippen LogP) is 4.70. The number of aldehydes is 1. The van der Waals surface area contributed by atoms with Gasteiger partial charge in [-0.05, 0) is 41.9 Å². The van der Waals surface area contributed by atoms with Crippen LogP contribution in [-0.2, 0) is 11.8 Å². The first-order chi connectivity index (χ1) is 9.50. The molecular formula is C18H26O2. The lowest BCUT2D eigenvalue weighted by atomic mass is 9.80. The van der Waals surface area contributed by atoms with E-state index in [2.05, 4.69) is 40.3 Å². The maximum absolute atomic E-state index is 11.4. The Balaban J connectivity index is 3.37. The molecule has 0 aromatic heterocycles. The fourth-order valence-corrected chi connectivity index (χ4v) is 2.08. The number of rotatable bonds is 8. The van der Waals surface area contributed by atoms with E-state index in [9.17, 15) is 4.79 Å². The van der Waals surface area contributed by atoms with E-state index in [4.69, 9.17) is 4.74 Å². The first-order valence-electron chi connectivity index (χ1n) is 7.36. The lowest BCUT2D eigenvalue weighted by Gasteiger charge is -2.25. The first kappa shape index (κ1) is 16.5. The smallest absolute Gasteiger partial charge is 0.153 e. The van der Waals surface area contributed by atoms with Crippen LogP contribution in [0.15, 0.2) is 24.8 Å². The summed E-state index contributed by atoms with van der Waals surface area (Å²) in [6, 6.07) is 4.12. The number of carbonyl (C=O) groups excluding carboxylic acids is 1. The molecule has 0 saturated carbocycles. The van der Waals surface area contributed by atoms with Gasteiger partial charge < -0.3 is 4.74 Å². The van der Waals surface area contributed by atoms with Crippen molar-refractivity contribution >= 4 is 6.29 Å². The van der Waals surface area contributed by atoms with Crippen LogP contribution in [0.25, 0.3) is 0 Å². The van der Waals surface area contributed by atoms with Crippen molar-refractivity contribution in [3.05, 3.63) is 41.5 Å². The highest BCUT2D eigenvalue weighted by Crippen LogP contribution is 2.33. The molecule has 0 unspecified atom stereocenters. The minimum Gasteiger partial charge on any atom is -0.493 e. The number of carbonyl (C=O) groups is 1. The Morgan fingerprint density at radius 1 is 1.30 bits per heavy atom. The van der Waals surface area contributed by atoms with Gasteiger partial charge in [0.1, 0.15) is 5.75 Å². The largest absolute Gasteiger partial charge is 0.493 e. The van der Waals surface area contributed by atoms with Crippen molar-refractivity contribution in [3.63, 3.8) is 0 Å². The van der Waals surface area contributed by atoms with Crippen molar-refractivity contribution in [2.45, 2.75) is 52.4 Å². The SMILES string of the molecule is C=CCc1cc(C(C)(C)CC)cc(C=O)c1OCCC. The molecule has 20 heavy (non-hydrogen) atoms. The Morgan fingerprint density at radius 2 is 2.00 bits per heavy atom. The molecule has 0 bridgehead atoms. The summed E-state index contributed by atoms with van der Waals surface area (Å²) in [7, 11) is 0. The Morgan fingerprint density at radius 3 is 2.50 bits per heavy atom. The van der Waals surface area contributed by atoms with Crippen molar-refractivity contribution in [3.8, 4) is 5.75 Å². The van der Waals surface area contributed by atoms with E-state index in [1.807, 2.05) is 12.1 Å². The summed E-state index contributed by atoms with van der Waals surface area (Å²) in [5.74, 6) is 0.720. The zero-order valence-electron chi connectivity index (χ0n) is 13.2. The van der Waals surface area contributed by atoms with Crippen molar-refractivity contribution < 1.29 is 9.53 Å². The molecule has 0 N–H and O–H groups in total. The normalized spacial score (nSPS) is 11.2. The van der Waals surface area contributed by atoms with Crippen molar-refractivity contribution in [2.75, 3.05) is 6.61 Å². The van der Waals surface area contributed by atoms with Gasteiger partial charge in [-0.25, -0.2) is 0 Å². The lowest BCUT2D eigenvalue weighted by molar-refractivity contribution is 0.111. The Bertz CT molecular complexity index is 473. The number of benzene rings is 1. The fraction of sp³-hybridized carbons (Fsp3) is 0.500. The zero-order chi connectivity index (χ0) is 15.2. The molecule has 0 spiro atoms. The van der Waals surface area contributed by atoms with Gasteiger partial charge in [0, 0.05) is 0 Å². The molecular weight excluding hydrogens is 248 g/mol. The van der Waals surface area contributed by atoms with E-state index >= 15 is 0 Å². The Kier molecular flexibility index (Phi) is 6.00. The molecule has 2 nitrogen and oxygen atoms in total. The predicted molar refractivity (Wildman–Crippen MR) is 84.8 cm³/mol. The molecule has 0 aliphatic heterocycles. The first-order valence-corrected chi connectivity index (χ1v) is 7.36. The number of ether oxygens (including phenoxy) is 1. The summed E-state index contributed by atoms with van der Waals surface area (Å²) >= 11 is 0.